The number of phenols is 1. The highest BCUT2D eigenvalue weighted by Gasteiger charge is 2.38. The van der Waals surface area contributed by atoms with Crippen molar-refractivity contribution in [2.45, 2.75) is 44.8 Å². The summed E-state index contributed by atoms with van der Waals surface area (Å²) < 4.78 is 22.7. The van der Waals surface area contributed by atoms with Crippen molar-refractivity contribution in [1.29, 1.82) is 5.41 Å². The molecule has 0 aliphatic carbocycles. The molecule has 1 heterocycles. The van der Waals surface area contributed by atoms with Crippen LogP contribution in [0.4, 0.5) is 5.69 Å². The van der Waals surface area contributed by atoms with Crippen molar-refractivity contribution in [1.82, 2.24) is 0 Å². The van der Waals surface area contributed by atoms with Gasteiger partial charge in [0.15, 0.2) is 23.3 Å². The normalized spacial score (nSPS) is 19.9. The number of nitrogens with one attached hydrogen (secondary N) is 2. The Morgan fingerprint density at radius 3 is 2.39 bits per heavy atom. The van der Waals surface area contributed by atoms with Crippen molar-refractivity contribution < 1.29 is 49.0 Å². The van der Waals surface area contributed by atoms with E-state index in [1.54, 1.807) is 13.8 Å². The first-order valence-corrected chi connectivity index (χ1v) is 11.8. The van der Waals surface area contributed by atoms with Crippen LogP contribution in [0.3, 0.4) is 0 Å². The number of nitrogen functional groups attached to an aromatic ring is 1. The number of phenolic OH excluding ortho intramolecular Hbond substituents is 1. The van der Waals surface area contributed by atoms with Crippen molar-refractivity contribution in [2.75, 3.05) is 25.1 Å². The zero-order valence-electron chi connectivity index (χ0n) is 20.8. The summed E-state index contributed by atoms with van der Waals surface area (Å²) in [6, 6.07) is 5.42. The number of benzene rings is 2. The lowest BCUT2D eigenvalue weighted by Gasteiger charge is -2.32. The Bertz CT molecular complexity index is 1190. The van der Waals surface area contributed by atoms with Gasteiger partial charge in [0, 0.05) is 29.8 Å². The molecule has 1 aliphatic rings. The lowest BCUT2D eigenvalue weighted by Crippen LogP contribution is -2.48. The summed E-state index contributed by atoms with van der Waals surface area (Å²) >= 11 is 0. The van der Waals surface area contributed by atoms with Crippen LogP contribution >= 0.6 is 0 Å². The van der Waals surface area contributed by atoms with E-state index >= 15 is 0 Å². The molecule has 1 saturated heterocycles. The maximum absolute atomic E-state index is 12.4. The van der Waals surface area contributed by atoms with E-state index in [4.69, 9.17) is 30.1 Å². The second-order valence-corrected chi connectivity index (χ2v) is 8.27. The average molecular weight is 534 g/mol. The van der Waals surface area contributed by atoms with Crippen molar-refractivity contribution >= 4 is 23.3 Å². The van der Waals surface area contributed by atoms with Gasteiger partial charge in [-0.25, -0.2) is 4.79 Å². The molecule has 38 heavy (non-hydrogen) atoms. The molecule has 2 aromatic rings. The van der Waals surface area contributed by atoms with E-state index in [0.717, 1.165) is 0 Å². The fourth-order valence-corrected chi connectivity index (χ4v) is 3.88. The number of ether oxygens (including phenoxy) is 4. The van der Waals surface area contributed by atoms with Gasteiger partial charge in [-0.3, -0.25) is 10.2 Å². The van der Waals surface area contributed by atoms with Crippen molar-refractivity contribution in [3.05, 3.63) is 41.5 Å². The maximum Gasteiger partial charge on any atom is 0.330 e. The third-order valence-corrected chi connectivity index (χ3v) is 5.63. The van der Waals surface area contributed by atoms with E-state index in [1.165, 1.54) is 30.3 Å². The monoisotopic (exact) mass is 533 g/mol. The number of hydrogen-bond acceptors (Lipinski definition) is 11. The number of amidine groups is 1. The summed E-state index contributed by atoms with van der Waals surface area (Å²) in [5.74, 6) is -2.20. The van der Waals surface area contributed by atoms with Gasteiger partial charge in [-0.05, 0) is 32.0 Å². The Labute approximate surface area is 218 Å². The Kier molecular flexibility index (Phi) is 9.34. The predicted octanol–water partition coefficient (Wildman–Crippen LogP) is 1.13. The number of carboxylic acid groups (broad SMARTS) is 1. The predicted molar refractivity (Wildman–Crippen MR) is 134 cm³/mol. The van der Waals surface area contributed by atoms with Gasteiger partial charge in [0.2, 0.25) is 6.29 Å². The second kappa shape index (κ2) is 12.4. The summed E-state index contributed by atoms with van der Waals surface area (Å²) in [5.41, 5.74) is 5.79. The van der Waals surface area contributed by atoms with Gasteiger partial charge in [0.25, 0.3) is 0 Å². The molecular formula is C25H31N3O10. The van der Waals surface area contributed by atoms with Gasteiger partial charge in [0.05, 0.1) is 25.4 Å². The second-order valence-electron chi connectivity index (χ2n) is 8.27. The minimum atomic E-state index is -1.45. The molecule has 1 aliphatic heterocycles. The topological polar surface area (TPSA) is 214 Å². The molecule has 8 N–H and O–H groups in total. The highest BCUT2D eigenvalue weighted by atomic mass is 16.7. The Morgan fingerprint density at radius 1 is 1.18 bits per heavy atom. The number of aliphatic hydroxyl groups excluding tert-OH is 2. The molecule has 0 radical (unpaired) electrons. The van der Waals surface area contributed by atoms with Gasteiger partial charge in [-0.15, -0.1) is 0 Å². The van der Waals surface area contributed by atoms with E-state index < -0.39 is 42.9 Å². The zero-order valence-corrected chi connectivity index (χ0v) is 20.8. The molecule has 0 amide bonds. The number of aliphatic hydroxyl groups is 2. The number of anilines is 1. The van der Waals surface area contributed by atoms with Crippen LogP contribution in [0.2, 0.25) is 0 Å². The number of aromatic hydroxyl groups is 1. The summed E-state index contributed by atoms with van der Waals surface area (Å²) in [7, 11) is 0. The van der Waals surface area contributed by atoms with Crippen LogP contribution in [0.1, 0.15) is 37.4 Å². The molecule has 4 atom stereocenters. The van der Waals surface area contributed by atoms with Crippen LogP contribution < -0.4 is 25.3 Å². The lowest BCUT2D eigenvalue weighted by atomic mass is 10.0. The summed E-state index contributed by atoms with van der Waals surface area (Å²) in [4.78, 5) is 24.4. The highest BCUT2D eigenvalue weighted by molar-refractivity contribution is 5.98. The Balaban J connectivity index is 2.06. The molecule has 206 valence electrons. The summed E-state index contributed by atoms with van der Waals surface area (Å²) in [6.07, 6.45) is -4.20. The molecule has 3 rings (SSSR count). The van der Waals surface area contributed by atoms with Crippen LogP contribution in [-0.4, -0.2) is 76.3 Å². The Morgan fingerprint density at radius 2 is 1.84 bits per heavy atom. The molecule has 0 bridgehead atoms. The molecule has 0 spiro atoms. The standard InChI is InChI=1S/C25H31N3O10/c1-3-35-18-8-14(22(25(33)34)28-12-5-6-13(24(26)27)15(30)7-12)17(10-19(18)36-4-2)37-21-9-16(31)23(32)20(11-29)38-21/h5-8,10,16,20-22,28-31H,3-4,9,11H2,1-2H3,(H3,26,27)(H,33,34)/t16?,20-,21-,22?/m1/s1. The van der Waals surface area contributed by atoms with Crippen LogP contribution in [0, 0.1) is 5.41 Å². The van der Waals surface area contributed by atoms with Gasteiger partial charge < -0.3 is 50.4 Å². The van der Waals surface area contributed by atoms with Crippen molar-refractivity contribution in [2.24, 2.45) is 5.73 Å². The summed E-state index contributed by atoms with van der Waals surface area (Å²) in [6.45, 7) is 3.34. The van der Waals surface area contributed by atoms with Crippen LogP contribution in [-0.2, 0) is 14.3 Å². The number of Topliss-reactive ketones (excluding diaryl/α,β-unsaturated/α-hetero) is 1. The van der Waals surface area contributed by atoms with E-state index in [9.17, 15) is 30.0 Å². The first-order valence-electron chi connectivity index (χ1n) is 11.8. The molecule has 0 saturated carbocycles. The number of ketones is 1. The number of hydrogen-bond donors (Lipinski definition) is 7. The molecular weight excluding hydrogens is 502 g/mol. The maximum atomic E-state index is 12.4. The van der Waals surface area contributed by atoms with Crippen LogP contribution in [0.5, 0.6) is 23.0 Å². The first-order chi connectivity index (χ1) is 18.1. The van der Waals surface area contributed by atoms with E-state index in [0.29, 0.717) is 0 Å². The molecule has 2 unspecified atom stereocenters. The fraction of sp³-hybridized carbons (Fsp3) is 0.400. The lowest BCUT2D eigenvalue weighted by molar-refractivity contribution is -0.190. The number of nitrogens with two attached hydrogens (primary N) is 1. The van der Waals surface area contributed by atoms with E-state index in [2.05, 4.69) is 5.32 Å². The first kappa shape index (κ1) is 28.5. The van der Waals surface area contributed by atoms with Gasteiger partial charge in [0.1, 0.15) is 29.5 Å². The zero-order chi connectivity index (χ0) is 28.0. The van der Waals surface area contributed by atoms with Gasteiger partial charge in [-0.2, -0.15) is 0 Å². The average Bonchev–Trinajstić information content (AvgIpc) is 2.86. The highest BCUT2D eigenvalue weighted by Crippen LogP contribution is 2.40. The van der Waals surface area contributed by atoms with Gasteiger partial charge >= 0.3 is 5.97 Å². The fourth-order valence-electron chi connectivity index (χ4n) is 3.88. The van der Waals surface area contributed by atoms with Gasteiger partial charge in [-0.1, -0.05) is 0 Å². The number of aliphatic carboxylic acids is 1. The Hall–Kier alpha value is -4.07. The number of carboxylic acids is 1. The third-order valence-electron chi connectivity index (χ3n) is 5.63. The molecule has 2 aromatic carbocycles. The third kappa shape index (κ3) is 6.43. The largest absolute Gasteiger partial charge is 0.507 e. The molecule has 1 fully saturated rings. The molecule has 13 nitrogen and oxygen atoms in total. The smallest absolute Gasteiger partial charge is 0.330 e. The number of rotatable bonds is 12. The number of carbonyl (C=O) groups excluding carboxylic acids is 1. The molecule has 13 heteroatoms. The molecule has 0 aromatic heterocycles. The quantitative estimate of drug-likeness (QED) is 0.151. The summed E-state index contributed by atoms with van der Waals surface area (Å²) in [5, 5.41) is 50.2. The number of carbonyl (C=O) groups is 2. The minimum Gasteiger partial charge on any atom is -0.507 e. The van der Waals surface area contributed by atoms with Crippen LogP contribution in [0.25, 0.3) is 0 Å². The van der Waals surface area contributed by atoms with E-state index in [1.807, 2.05) is 0 Å². The van der Waals surface area contributed by atoms with E-state index in [-0.39, 0.29) is 65.3 Å². The van der Waals surface area contributed by atoms with Crippen LogP contribution in [0.15, 0.2) is 30.3 Å². The SMILES string of the molecule is CCOc1cc(O[C@H]2CC(O)C(=O)[C@@H](CO)O2)c(C(Nc2ccc(C(=N)N)c(O)c2)C(=O)O)cc1OCC. The minimum absolute atomic E-state index is 0.00961. The van der Waals surface area contributed by atoms with Crippen molar-refractivity contribution in [3.63, 3.8) is 0 Å². The van der Waals surface area contributed by atoms with Crippen molar-refractivity contribution in [3.8, 4) is 23.0 Å².